The molecule has 1 aliphatic heterocycles. The number of hydrogen-bond acceptors (Lipinski definition) is 4. The number of sulfonamides is 1. The van der Waals surface area contributed by atoms with Gasteiger partial charge in [0.25, 0.3) is 0 Å². The standard InChI is InChI=1S/C13H24N4O2S/c1-15(2)20(18,19)9-5-8-17-7-4-6-13(17)12-10-14-16(3)11-12/h10-11,13H,4-9H2,1-3H3/t13-/m1/s1. The van der Waals surface area contributed by atoms with Crippen molar-refractivity contribution in [3.8, 4) is 0 Å². The summed E-state index contributed by atoms with van der Waals surface area (Å²) in [5.41, 5.74) is 1.24. The zero-order chi connectivity index (χ0) is 14.8. The van der Waals surface area contributed by atoms with Gasteiger partial charge in [0.15, 0.2) is 0 Å². The average molecular weight is 300 g/mol. The van der Waals surface area contributed by atoms with Crippen LogP contribution in [0.5, 0.6) is 0 Å². The van der Waals surface area contributed by atoms with E-state index in [1.165, 1.54) is 16.3 Å². The second kappa shape index (κ2) is 6.24. The summed E-state index contributed by atoms with van der Waals surface area (Å²) in [4.78, 5) is 2.38. The number of hydrogen-bond donors (Lipinski definition) is 0. The fraction of sp³-hybridized carbons (Fsp3) is 0.769. The van der Waals surface area contributed by atoms with Gasteiger partial charge in [0, 0.05) is 38.9 Å². The molecule has 2 rings (SSSR count). The molecule has 0 bridgehead atoms. The highest BCUT2D eigenvalue weighted by molar-refractivity contribution is 7.89. The Labute approximate surface area is 121 Å². The minimum absolute atomic E-state index is 0.219. The van der Waals surface area contributed by atoms with Gasteiger partial charge in [-0.3, -0.25) is 9.58 Å². The van der Waals surface area contributed by atoms with Crippen LogP contribution >= 0.6 is 0 Å². The molecule has 1 aromatic rings. The second-order valence-corrected chi connectivity index (χ2v) is 7.90. The molecule has 20 heavy (non-hydrogen) atoms. The fourth-order valence-electron chi connectivity index (χ4n) is 2.72. The van der Waals surface area contributed by atoms with Gasteiger partial charge < -0.3 is 0 Å². The van der Waals surface area contributed by atoms with Crippen molar-refractivity contribution in [1.29, 1.82) is 0 Å². The van der Waals surface area contributed by atoms with Gasteiger partial charge in [-0.2, -0.15) is 5.10 Å². The molecule has 1 saturated heterocycles. The molecule has 0 amide bonds. The first-order valence-electron chi connectivity index (χ1n) is 7.03. The second-order valence-electron chi connectivity index (χ2n) is 5.59. The maximum Gasteiger partial charge on any atom is 0.213 e. The van der Waals surface area contributed by atoms with Gasteiger partial charge in [-0.05, 0) is 32.4 Å². The molecule has 0 aromatic carbocycles. The van der Waals surface area contributed by atoms with E-state index in [9.17, 15) is 8.42 Å². The van der Waals surface area contributed by atoms with Crippen molar-refractivity contribution in [2.75, 3.05) is 32.9 Å². The molecule has 1 atom stereocenters. The van der Waals surface area contributed by atoms with Crippen LogP contribution in [0.1, 0.15) is 30.9 Å². The topological polar surface area (TPSA) is 58.4 Å². The van der Waals surface area contributed by atoms with Crippen molar-refractivity contribution in [2.24, 2.45) is 7.05 Å². The zero-order valence-electron chi connectivity index (χ0n) is 12.5. The van der Waals surface area contributed by atoms with Gasteiger partial charge in [-0.15, -0.1) is 0 Å². The van der Waals surface area contributed by atoms with E-state index in [0.717, 1.165) is 19.5 Å². The van der Waals surface area contributed by atoms with E-state index in [-0.39, 0.29) is 5.75 Å². The van der Waals surface area contributed by atoms with E-state index in [4.69, 9.17) is 0 Å². The van der Waals surface area contributed by atoms with Crippen molar-refractivity contribution in [1.82, 2.24) is 19.0 Å². The molecule has 1 aliphatic rings. The fourth-order valence-corrected chi connectivity index (χ4v) is 3.58. The highest BCUT2D eigenvalue weighted by Gasteiger charge is 2.27. The molecule has 2 heterocycles. The van der Waals surface area contributed by atoms with E-state index in [2.05, 4.69) is 16.2 Å². The summed E-state index contributed by atoms with van der Waals surface area (Å²) in [6, 6.07) is 0.394. The van der Waals surface area contributed by atoms with Gasteiger partial charge in [-0.1, -0.05) is 0 Å². The highest BCUT2D eigenvalue weighted by atomic mass is 32.2. The molecule has 1 aromatic heterocycles. The SMILES string of the molecule is CN(C)S(=O)(=O)CCCN1CCC[C@@H]1c1cnn(C)c1. The van der Waals surface area contributed by atoms with E-state index in [1.54, 1.807) is 14.1 Å². The molecule has 114 valence electrons. The van der Waals surface area contributed by atoms with Gasteiger partial charge >= 0.3 is 0 Å². The number of rotatable bonds is 6. The summed E-state index contributed by atoms with van der Waals surface area (Å²) < 4.78 is 26.6. The molecular formula is C13H24N4O2S. The maximum absolute atomic E-state index is 11.8. The summed E-state index contributed by atoms with van der Waals surface area (Å²) >= 11 is 0. The van der Waals surface area contributed by atoms with E-state index >= 15 is 0 Å². The summed E-state index contributed by atoms with van der Waals surface area (Å²) in [5, 5.41) is 4.23. The van der Waals surface area contributed by atoms with Crippen LogP contribution in [-0.2, 0) is 17.1 Å². The molecular weight excluding hydrogens is 276 g/mol. The van der Waals surface area contributed by atoms with E-state index in [1.807, 2.05) is 17.9 Å². The summed E-state index contributed by atoms with van der Waals surface area (Å²) in [6.45, 7) is 1.87. The van der Waals surface area contributed by atoms with Crippen molar-refractivity contribution < 1.29 is 8.42 Å². The maximum atomic E-state index is 11.8. The van der Waals surface area contributed by atoms with Crippen molar-refractivity contribution in [3.05, 3.63) is 18.0 Å². The normalized spacial score (nSPS) is 20.9. The highest BCUT2D eigenvalue weighted by Crippen LogP contribution is 2.31. The Kier molecular flexibility index (Phi) is 4.82. The third-order valence-corrected chi connectivity index (χ3v) is 5.79. The summed E-state index contributed by atoms with van der Waals surface area (Å²) in [6.07, 6.45) is 6.95. The number of aryl methyl sites for hydroxylation is 1. The lowest BCUT2D eigenvalue weighted by Gasteiger charge is -2.23. The van der Waals surface area contributed by atoms with Crippen LogP contribution in [0, 0.1) is 0 Å². The Morgan fingerprint density at radius 1 is 1.45 bits per heavy atom. The minimum Gasteiger partial charge on any atom is -0.296 e. The largest absolute Gasteiger partial charge is 0.296 e. The van der Waals surface area contributed by atoms with Crippen molar-refractivity contribution in [3.63, 3.8) is 0 Å². The number of likely N-dealkylation sites (tertiary alicyclic amines) is 1. The predicted octanol–water partition coefficient (Wildman–Crippen LogP) is 0.839. The molecule has 0 N–H and O–H groups in total. The predicted molar refractivity (Wildman–Crippen MR) is 78.8 cm³/mol. The van der Waals surface area contributed by atoms with Crippen molar-refractivity contribution >= 4 is 10.0 Å². The molecule has 0 unspecified atom stereocenters. The lowest BCUT2D eigenvalue weighted by atomic mass is 10.1. The molecule has 0 spiro atoms. The first kappa shape index (κ1) is 15.5. The van der Waals surface area contributed by atoms with Crippen LogP contribution in [0.3, 0.4) is 0 Å². The Morgan fingerprint density at radius 2 is 2.20 bits per heavy atom. The van der Waals surface area contributed by atoms with E-state index in [0.29, 0.717) is 12.5 Å². The van der Waals surface area contributed by atoms with Gasteiger partial charge in [0.05, 0.1) is 11.9 Å². The first-order chi connectivity index (χ1) is 9.40. The van der Waals surface area contributed by atoms with Crippen LogP contribution in [0.15, 0.2) is 12.4 Å². The molecule has 6 nitrogen and oxygen atoms in total. The molecule has 1 fully saturated rings. The molecule has 0 radical (unpaired) electrons. The molecule has 0 saturated carbocycles. The quantitative estimate of drug-likeness (QED) is 0.781. The number of aromatic nitrogens is 2. The minimum atomic E-state index is -3.08. The summed E-state index contributed by atoms with van der Waals surface area (Å²) in [5.74, 6) is 0.219. The van der Waals surface area contributed by atoms with Crippen LogP contribution in [-0.4, -0.2) is 60.3 Å². The Morgan fingerprint density at radius 3 is 2.80 bits per heavy atom. The Balaban J connectivity index is 1.89. The average Bonchev–Trinajstić information content (AvgIpc) is 2.97. The molecule has 7 heteroatoms. The van der Waals surface area contributed by atoms with Crippen LogP contribution < -0.4 is 0 Å². The van der Waals surface area contributed by atoms with Crippen LogP contribution in [0.4, 0.5) is 0 Å². The van der Waals surface area contributed by atoms with E-state index < -0.39 is 10.0 Å². The number of nitrogens with zero attached hydrogens (tertiary/aromatic N) is 4. The van der Waals surface area contributed by atoms with Gasteiger partial charge in [-0.25, -0.2) is 12.7 Å². The van der Waals surface area contributed by atoms with Crippen molar-refractivity contribution in [2.45, 2.75) is 25.3 Å². The molecule has 0 aliphatic carbocycles. The smallest absolute Gasteiger partial charge is 0.213 e. The lowest BCUT2D eigenvalue weighted by molar-refractivity contribution is 0.258. The first-order valence-corrected chi connectivity index (χ1v) is 8.64. The Hall–Kier alpha value is -0.920. The van der Waals surface area contributed by atoms with Crippen LogP contribution in [0.25, 0.3) is 0 Å². The van der Waals surface area contributed by atoms with Gasteiger partial charge in [0.1, 0.15) is 0 Å². The summed E-state index contributed by atoms with van der Waals surface area (Å²) in [7, 11) is 2.02. The monoisotopic (exact) mass is 300 g/mol. The zero-order valence-corrected chi connectivity index (χ0v) is 13.3. The third-order valence-electron chi connectivity index (χ3n) is 3.88. The Bertz CT molecular complexity index is 538. The lowest BCUT2D eigenvalue weighted by Crippen LogP contribution is -2.29. The van der Waals surface area contributed by atoms with Crippen LogP contribution in [0.2, 0.25) is 0 Å². The third kappa shape index (κ3) is 3.59. The van der Waals surface area contributed by atoms with Gasteiger partial charge in [0.2, 0.25) is 10.0 Å².